The minimum atomic E-state index is 0.371. The number of aryl methyl sites for hydroxylation is 1. The molecule has 0 aliphatic carbocycles. The van der Waals surface area contributed by atoms with Crippen LogP contribution >= 0.6 is 15.9 Å². The lowest BCUT2D eigenvalue weighted by molar-refractivity contribution is 0.469. The molecule has 2 aromatic rings. The van der Waals surface area contributed by atoms with Crippen molar-refractivity contribution in [1.82, 2.24) is 0 Å². The van der Waals surface area contributed by atoms with E-state index in [1.807, 2.05) is 37.3 Å². The van der Waals surface area contributed by atoms with Gasteiger partial charge in [0.2, 0.25) is 0 Å². The Morgan fingerprint density at radius 1 is 1.06 bits per heavy atom. The number of aromatic hydroxyl groups is 1. The van der Waals surface area contributed by atoms with Crippen molar-refractivity contribution < 1.29 is 5.11 Å². The second-order valence-corrected chi connectivity index (χ2v) is 4.75. The van der Waals surface area contributed by atoms with Gasteiger partial charge >= 0.3 is 0 Å². The van der Waals surface area contributed by atoms with Gasteiger partial charge in [0.15, 0.2) is 0 Å². The molecule has 16 heavy (non-hydrogen) atoms. The number of hydrogen-bond acceptors (Lipinski definition) is 1. The summed E-state index contributed by atoms with van der Waals surface area (Å²) in [6.07, 6.45) is 0.744. The standard InChI is InChI=1S/C14H13BrO/c1-10-6-7-12(14(16)8-10)9-11-4-2-3-5-13(11)15/h2-8,16H,9H2,1H3. The molecule has 2 aromatic carbocycles. The molecule has 0 radical (unpaired) electrons. The van der Waals surface area contributed by atoms with E-state index in [1.165, 1.54) is 5.56 Å². The molecule has 0 unspecified atom stereocenters. The number of benzene rings is 2. The summed E-state index contributed by atoms with van der Waals surface area (Å²) >= 11 is 3.51. The average molecular weight is 277 g/mol. The Hall–Kier alpha value is -1.28. The van der Waals surface area contributed by atoms with Gasteiger partial charge in [0.25, 0.3) is 0 Å². The normalized spacial score (nSPS) is 10.4. The van der Waals surface area contributed by atoms with E-state index in [2.05, 4.69) is 22.0 Å². The molecule has 2 heteroatoms. The van der Waals surface area contributed by atoms with Gasteiger partial charge in [0.05, 0.1) is 0 Å². The van der Waals surface area contributed by atoms with Crippen LogP contribution in [0.2, 0.25) is 0 Å². The first kappa shape index (κ1) is 11.2. The first-order valence-electron chi connectivity index (χ1n) is 5.19. The molecule has 0 heterocycles. The van der Waals surface area contributed by atoms with Crippen molar-refractivity contribution in [2.45, 2.75) is 13.3 Å². The number of hydrogen-bond donors (Lipinski definition) is 1. The van der Waals surface area contributed by atoms with Gasteiger partial charge in [-0.1, -0.05) is 46.3 Å². The Morgan fingerprint density at radius 3 is 2.50 bits per heavy atom. The Labute approximate surface area is 104 Å². The van der Waals surface area contributed by atoms with Gasteiger partial charge < -0.3 is 5.11 Å². The first-order valence-corrected chi connectivity index (χ1v) is 5.98. The fourth-order valence-electron chi connectivity index (χ4n) is 1.67. The average Bonchev–Trinajstić information content (AvgIpc) is 2.25. The van der Waals surface area contributed by atoms with Crippen molar-refractivity contribution in [3.05, 3.63) is 63.6 Å². The molecule has 0 bridgehead atoms. The van der Waals surface area contributed by atoms with E-state index in [0.29, 0.717) is 5.75 Å². The molecule has 0 spiro atoms. The topological polar surface area (TPSA) is 20.2 Å². The van der Waals surface area contributed by atoms with E-state index >= 15 is 0 Å². The Morgan fingerprint density at radius 2 is 1.81 bits per heavy atom. The highest BCUT2D eigenvalue weighted by atomic mass is 79.9. The summed E-state index contributed by atoms with van der Waals surface area (Å²) in [6, 6.07) is 13.9. The van der Waals surface area contributed by atoms with Gasteiger partial charge in [-0.25, -0.2) is 0 Å². The highest BCUT2D eigenvalue weighted by Gasteiger charge is 2.04. The fraction of sp³-hybridized carbons (Fsp3) is 0.143. The van der Waals surface area contributed by atoms with Crippen LogP contribution in [0, 0.1) is 6.92 Å². The molecule has 0 saturated heterocycles. The van der Waals surface area contributed by atoms with Gasteiger partial charge in [-0.05, 0) is 35.7 Å². The largest absolute Gasteiger partial charge is 0.508 e. The van der Waals surface area contributed by atoms with E-state index < -0.39 is 0 Å². The Kier molecular flexibility index (Phi) is 3.30. The van der Waals surface area contributed by atoms with Crippen LogP contribution in [0.25, 0.3) is 0 Å². The summed E-state index contributed by atoms with van der Waals surface area (Å²) in [5.74, 6) is 0.371. The summed E-state index contributed by atoms with van der Waals surface area (Å²) in [5, 5.41) is 9.83. The fourth-order valence-corrected chi connectivity index (χ4v) is 2.10. The molecule has 0 fully saturated rings. The third-order valence-corrected chi connectivity index (χ3v) is 3.35. The number of rotatable bonds is 2. The maximum absolute atomic E-state index is 9.83. The van der Waals surface area contributed by atoms with Crippen LogP contribution in [-0.4, -0.2) is 5.11 Å². The summed E-state index contributed by atoms with van der Waals surface area (Å²) in [4.78, 5) is 0. The molecule has 0 aliphatic heterocycles. The minimum absolute atomic E-state index is 0.371. The van der Waals surface area contributed by atoms with Gasteiger partial charge in [-0.2, -0.15) is 0 Å². The van der Waals surface area contributed by atoms with Crippen molar-refractivity contribution in [3.8, 4) is 5.75 Å². The minimum Gasteiger partial charge on any atom is -0.508 e. The summed E-state index contributed by atoms with van der Waals surface area (Å²) in [7, 11) is 0. The molecule has 0 saturated carbocycles. The van der Waals surface area contributed by atoms with Crippen molar-refractivity contribution in [3.63, 3.8) is 0 Å². The zero-order valence-corrected chi connectivity index (χ0v) is 10.7. The highest BCUT2D eigenvalue weighted by molar-refractivity contribution is 9.10. The third kappa shape index (κ3) is 2.45. The van der Waals surface area contributed by atoms with Crippen molar-refractivity contribution >= 4 is 15.9 Å². The molecule has 1 nitrogen and oxygen atoms in total. The van der Waals surface area contributed by atoms with Crippen molar-refractivity contribution in [2.75, 3.05) is 0 Å². The van der Waals surface area contributed by atoms with Gasteiger partial charge in [0, 0.05) is 10.9 Å². The van der Waals surface area contributed by atoms with Crippen LogP contribution in [0.15, 0.2) is 46.9 Å². The van der Waals surface area contributed by atoms with E-state index in [9.17, 15) is 5.11 Å². The van der Waals surface area contributed by atoms with E-state index in [1.54, 1.807) is 6.07 Å². The maximum Gasteiger partial charge on any atom is 0.119 e. The monoisotopic (exact) mass is 276 g/mol. The predicted molar refractivity (Wildman–Crippen MR) is 69.8 cm³/mol. The van der Waals surface area contributed by atoms with Crippen LogP contribution in [-0.2, 0) is 6.42 Å². The molecule has 2 rings (SSSR count). The van der Waals surface area contributed by atoms with Crippen LogP contribution in [0.5, 0.6) is 5.75 Å². The Balaban J connectivity index is 2.31. The quantitative estimate of drug-likeness (QED) is 0.877. The molecular weight excluding hydrogens is 264 g/mol. The number of halogens is 1. The van der Waals surface area contributed by atoms with E-state index in [4.69, 9.17) is 0 Å². The van der Waals surface area contributed by atoms with Crippen LogP contribution in [0.4, 0.5) is 0 Å². The van der Waals surface area contributed by atoms with Crippen molar-refractivity contribution in [1.29, 1.82) is 0 Å². The van der Waals surface area contributed by atoms with Crippen LogP contribution in [0.3, 0.4) is 0 Å². The van der Waals surface area contributed by atoms with Crippen molar-refractivity contribution in [2.24, 2.45) is 0 Å². The lowest BCUT2D eigenvalue weighted by atomic mass is 10.0. The maximum atomic E-state index is 9.83. The van der Waals surface area contributed by atoms with E-state index in [0.717, 1.165) is 22.0 Å². The molecule has 0 aromatic heterocycles. The summed E-state index contributed by atoms with van der Waals surface area (Å²) < 4.78 is 1.08. The third-order valence-electron chi connectivity index (χ3n) is 2.58. The molecule has 82 valence electrons. The SMILES string of the molecule is Cc1ccc(Cc2ccccc2Br)c(O)c1. The predicted octanol–water partition coefficient (Wildman–Crippen LogP) is 4.05. The summed E-state index contributed by atoms with van der Waals surface area (Å²) in [6.45, 7) is 1.97. The van der Waals surface area contributed by atoms with Gasteiger partial charge in [-0.15, -0.1) is 0 Å². The zero-order valence-electron chi connectivity index (χ0n) is 9.07. The molecule has 0 amide bonds. The number of phenols is 1. The van der Waals surface area contributed by atoms with Crippen LogP contribution in [0.1, 0.15) is 16.7 Å². The van der Waals surface area contributed by atoms with Gasteiger partial charge in [-0.3, -0.25) is 0 Å². The van der Waals surface area contributed by atoms with Gasteiger partial charge in [0.1, 0.15) is 5.75 Å². The first-order chi connectivity index (χ1) is 7.66. The second kappa shape index (κ2) is 4.71. The highest BCUT2D eigenvalue weighted by Crippen LogP contribution is 2.25. The smallest absolute Gasteiger partial charge is 0.119 e. The summed E-state index contributed by atoms with van der Waals surface area (Å²) in [5.41, 5.74) is 3.22. The molecule has 0 atom stereocenters. The lowest BCUT2D eigenvalue weighted by Gasteiger charge is -2.07. The van der Waals surface area contributed by atoms with Crippen LogP contribution < -0.4 is 0 Å². The molecular formula is C14H13BrO. The molecule has 1 N–H and O–H groups in total. The number of phenolic OH excluding ortho intramolecular Hbond substituents is 1. The molecule has 0 aliphatic rings. The second-order valence-electron chi connectivity index (χ2n) is 3.90. The Bertz CT molecular complexity index is 506. The lowest BCUT2D eigenvalue weighted by Crippen LogP contribution is -1.90. The zero-order chi connectivity index (χ0) is 11.5. The van der Waals surface area contributed by atoms with E-state index in [-0.39, 0.29) is 0 Å².